The number of oxazole rings is 1. The maximum Gasteiger partial charge on any atom is 0.255 e. The summed E-state index contributed by atoms with van der Waals surface area (Å²) in [6, 6.07) is 3.41. The van der Waals surface area contributed by atoms with Crippen LogP contribution in [-0.2, 0) is 17.8 Å². The van der Waals surface area contributed by atoms with Crippen molar-refractivity contribution >= 4 is 29.2 Å². The van der Waals surface area contributed by atoms with Crippen molar-refractivity contribution in [1.82, 2.24) is 29.6 Å². The number of aromatic nitrogens is 5. The molecule has 11 heteroatoms. The van der Waals surface area contributed by atoms with E-state index in [0.29, 0.717) is 40.0 Å². The van der Waals surface area contributed by atoms with Gasteiger partial charge >= 0.3 is 0 Å². The Balaban J connectivity index is 1.35. The number of nitrogens with one attached hydrogen (secondary N) is 1. The lowest BCUT2D eigenvalue weighted by molar-refractivity contribution is -0.115. The summed E-state index contributed by atoms with van der Waals surface area (Å²) in [7, 11) is 0. The fourth-order valence-electron chi connectivity index (χ4n) is 3.99. The first kappa shape index (κ1) is 21.8. The normalized spacial score (nSPS) is 13.7. The molecule has 0 radical (unpaired) electrons. The highest BCUT2D eigenvalue weighted by atomic mass is 35.5. The Labute approximate surface area is 199 Å². The lowest BCUT2D eigenvalue weighted by Gasteiger charge is -2.25. The average Bonchev–Trinajstić information content (AvgIpc) is 3.55. The van der Waals surface area contributed by atoms with Gasteiger partial charge in [0, 0.05) is 23.5 Å². The molecule has 5 heterocycles. The topological polar surface area (TPSA) is 119 Å². The number of pyridine rings is 2. The summed E-state index contributed by atoms with van der Waals surface area (Å²) in [4.78, 5) is 40.2. The van der Waals surface area contributed by atoms with Crippen molar-refractivity contribution < 1.29 is 14.0 Å². The molecule has 5 rings (SSSR count). The van der Waals surface area contributed by atoms with Crippen LogP contribution in [0.4, 0.5) is 5.82 Å². The molecule has 0 saturated heterocycles. The summed E-state index contributed by atoms with van der Waals surface area (Å²) in [5.41, 5.74) is 3.49. The number of amides is 2. The quantitative estimate of drug-likeness (QED) is 0.451. The minimum Gasteiger partial charge on any atom is -0.451 e. The number of carbonyl (C=O) groups is 2. The Morgan fingerprint density at radius 1 is 1.29 bits per heavy atom. The van der Waals surface area contributed by atoms with E-state index in [1.807, 2.05) is 19.9 Å². The number of aryl methyl sites for hydroxylation is 1. The maximum atomic E-state index is 13.2. The van der Waals surface area contributed by atoms with Gasteiger partial charge < -0.3 is 14.6 Å². The van der Waals surface area contributed by atoms with Gasteiger partial charge in [0.1, 0.15) is 12.1 Å². The van der Waals surface area contributed by atoms with E-state index >= 15 is 0 Å². The zero-order chi connectivity index (χ0) is 23.8. The second-order valence-corrected chi connectivity index (χ2v) is 8.45. The van der Waals surface area contributed by atoms with Crippen LogP contribution in [0.25, 0.3) is 5.82 Å². The second kappa shape index (κ2) is 8.71. The molecule has 1 atom stereocenters. The van der Waals surface area contributed by atoms with Crippen LogP contribution in [0, 0.1) is 6.92 Å². The summed E-state index contributed by atoms with van der Waals surface area (Å²) in [6.45, 7) is 4.19. The molecule has 1 unspecified atom stereocenters. The molecule has 0 spiro atoms. The van der Waals surface area contributed by atoms with E-state index in [1.54, 1.807) is 34.2 Å². The molecule has 4 aromatic rings. The van der Waals surface area contributed by atoms with E-state index in [0.717, 1.165) is 11.1 Å². The summed E-state index contributed by atoms with van der Waals surface area (Å²) in [6.07, 6.45) is 9.23. The predicted molar refractivity (Wildman–Crippen MR) is 122 cm³/mol. The molecular weight excluding hydrogens is 458 g/mol. The molecule has 0 aliphatic carbocycles. The Hall–Kier alpha value is -4.05. The third kappa shape index (κ3) is 4.03. The average molecular weight is 478 g/mol. The molecule has 0 bridgehead atoms. The van der Waals surface area contributed by atoms with E-state index in [2.05, 4.69) is 25.4 Å². The molecule has 172 valence electrons. The molecule has 0 aromatic carbocycles. The fourth-order valence-corrected chi connectivity index (χ4v) is 4.13. The van der Waals surface area contributed by atoms with Gasteiger partial charge in [0.25, 0.3) is 5.91 Å². The smallest absolute Gasteiger partial charge is 0.255 e. The summed E-state index contributed by atoms with van der Waals surface area (Å²) in [5, 5.41) is 7.52. The van der Waals surface area contributed by atoms with Crippen molar-refractivity contribution in [2.45, 2.75) is 32.9 Å². The Kier molecular flexibility index (Phi) is 5.58. The van der Waals surface area contributed by atoms with Crippen LogP contribution < -0.4 is 5.32 Å². The molecule has 34 heavy (non-hydrogen) atoms. The Bertz CT molecular complexity index is 1380. The molecule has 4 aromatic heterocycles. The van der Waals surface area contributed by atoms with Crippen LogP contribution in [0.1, 0.15) is 45.7 Å². The van der Waals surface area contributed by atoms with Crippen molar-refractivity contribution in [3.63, 3.8) is 0 Å². The zero-order valence-electron chi connectivity index (χ0n) is 18.4. The first-order valence-electron chi connectivity index (χ1n) is 10.5. The molecular formula is C23H20ClN7O3. The first-order chi connectivity index (χ1) is 16.4. The number of fused-ring (bicyclic) bond motifs is 1. The Morgan fingerprint density at radius 2 is 2.15 bits per heavy atom. The summed E-state index contributed by atoms with van der Waals surface area (Å²) < 4.78 is 6.52. The van der Waals surface area contributed by atoms with Gasteiger partial charge in [0.2, 0.25) is 5.91 Å². The van der Waals surface area contributed by atoms with E-state index in [4.69, 9.17) is 16.0 Å². The molecule has 0 fully saturated rings. The van der Waals surface area contributed by atoms with Gasteiger partial charge in [-0.3, -0.25) is 9.59 Å². The minimum atomic E-state index is -0.289. The van der Waals surface area contributed by atoms with Gasteiger partial charge in [0.15, 0.2) is 12.2 Å². The molecule has 2 amide bonds. The van der Waals surface area contributed by atoms with Crippen molar-refractivity contribution in [2.24, 2.45) is 0 Å². The minimum absolute atomic E-state index is 0.0503. The monoisotopic (exact) mass is 477 g/mol. The van der Waals surface area contributed by atoms with Crippen LogP contribution >= 0.6 is 11.6 Å². The largest absolute Gasteiger partial charge is 0.451 e. The van der Waals surface area contributed by atoms with Gasteiger partial charge in [-0.05, 0) is 37.1 Å². The van der Waals surface area contributed by atoms with Crippen molar-refractivity contribution in [2.75, 3.05) is 5.32 Å². The van der Waals surface area contributed by atoms with Crippen molar-refractivity contribution in [3.05, 3.63) is 82.5 Å². The van der Waals surface area contributed by atoms with E-state index < -0.39 is 0 Å². The number of anilines is 1. The van der Waals surface area contributed by atoms with E-state index in [9.17, 15) is 9.59 Å². The number of nitrogens with zero attached hydrogens (tertiary/aromatic N) is 6. The molecule has 0 saturated carbocycles. The van der Waals surface area contributed by atoms with Gasteiger partial charge in [0.05, 0.1) is 42.1 Å². The van der Waals surface area contributed by atoms with E-state index in [-0.39, 0.29) is 24.3 Å². The SMILES string of the molecule is Cc1cc(C(C)N2Cc3c(ccnc3NC(=O)Cc3cocn3)C2=O)cnc1-n1cc(Cl)cn1. The first-order valence-corrected chi connectivity index (χ1v) is 10.9. The zero-order valence-corrected chi connectivity index (χ0v) is 19.2. The van der Waals surface area contributed by atoms with Crippen LogP contribution in [0.5, 0.6) is 0 Å². The summed E-state index contributed by atoms with van der Waals surface area (Å²) >= 11 is 5.98. The van der Waals surface area contributed by atoms with Gasteiger partial charge in [-0.15, -0.1) is 0 Å². The van der Waals surface area contributed by atoms with Crippen LogP contribution in [0.2, 0.25) is 5.02 Å². The third-order valence-electron chi connectivity index (χ3n) is 5.75. The highest BCUT2D eigenvalue weighted by Gasteiger charge is 2.34. The number of hydrogen-bond acceptors (Lipinski definition) is 7. The molecule has 1 N–H and O–H groups in total. The number of hydrogen-bond donors (Lipinski definition) is 1. The van der Waals surface area contributed by atoms with Crippen LogP contribution in [0.3, 0.4) is 0 Å². The lowest BCUT2D eigenvalue weighted by Crippen LogP contribution is -2.27. The predicted octanol–water partition coefficient (Wildman–Crippen LogP) is 3.51. The third-order valence-corrected chi connectivity index (χ3v) is 5.94. The van der Waals surface area contributed by atoms with Gasteiger partial charge in [-0.2, -0.15) is 5.10 Å². The molecule has 1 aliphatic heterocycles. The number of rotatable bonds is 6. The number of carbonyl (C=O) groups excluding carboxylic acids is 2. The van der Waals surface area contributed by atoms with Crippen LogP contribution in [0.15, 0.2) is 54.0 Å². The van der Waals surface area contributed by atoms with Crippen molar-refractivity contribution in [3.8, 4) is 5.82 Å². The standard InChI is InChI=1S/C23H20ClN7O3/c1-13-5-15(7-26-22(13)31-9-16(24)8-28-31)14(2)30-10-19-18(23(30)33)3-4-25-21(19)29-20(32)6-17-11-34-12-27-17/h3-5,7-9,11-12,14H,6,10H2,1-2H3,(H,25,29,32). The van der Waals surface area contributed by atoms with Gasteiger partial charge in [-0.1, -0.05) is 11.6 Å². The van der Waals surface area contributed by atoms with E-state index in [1.165, 1.54) is 18.9 Å². The highest BCUT2D eigenvalue weighted by Crippen LogP contribution is 2.34. The fraction of sp³-hybridized carbons (Fsp3) is 0.217. The van der Waals surface area contributed by atoms with Gasteiger partial charge in [-0.25, -0.2) is 19.6 Å². The Morgan fingerprint density at radius 3 is 2.85 bits per heavy atom. The molecule has 1 aliphatic rings. The highest BCUT2D eigenvalue weighted by molar-refractivity contribution is 6.30. The second-order valence-electron chi connectivity index (χ2n) is 8.01. The maximum absolute atomic E-state index is 13.2. The van der Waals surface area contributed by atoms with Crippen LogP contribution in [-0.4, -0.2) is 41.4 Å². The number of halogens is 1. The molecule has 10 nitrogen and oxygen atoms in total. The summed E-state index contributed by atoms with van der Waals surface area (Å²) in [5.74, 6) is 0.620. The van der Waals surface area contributed by atoms with Crippen molar-refractivity contribution in [1.29, 1.82) is 0 Å². The lowest BCUT2D eigenvalue weighted by atomic mass is 10.1.